The zero-order chi connectivity index (χ0) is 11.3. The van der Waals surface area contributed by atoms with Crippen molar-refractivity contribution in [3.63, 3.8) is 0 Å². The molecule has 0 amide bonds. The van der Waals surface area contributed by atoms with Crippen LogP contribution >= 0.6 is 11.6 Å². The lowest BCUT2D eigenvalue weighted by Crippen LogP contribution is -2.25. The Morgan fingerprint density at radius 2 is 2.27 bits per heavy atom. The molecule has 0 aliphatic rings. The van der Waals surface area contributed by atoms with Crippen LogP contribution in [0.25, 0.3) is 0 Å². The highest BCUT2D eigenvalue weighted by molar-refractivity contribution is 7.89. The minimum Gasteiger partial charge on any atom is -0.243 e. The first-order chi connectivity index (χ1) is 7.08. The Balaban J connectivity index is 2.83. The molecule has 0 saturated heterocycles. The smallest absolute Gasteiger partial charge is 0.243 e. The zero-order valence-corrected chi connectivity index (χ0v) is 9.98. The van der Waals surface area contributed by atoms with Gasteiger partial charge in [-0.2, -0.15) is 0 Å². The van der Waals surface area contributed by atoms with Crippen LogP contribution in [0.4, 0.5) is 0 Å². The van der Waals surface area contributed by atoms with Crippen LogP contribution in [0.15, 0.2) is 23.2 Å². The van der Waals surface area contributed by atoms with Crippen LogP contribution in [0.1, 0.15) is 19.8 Å². The van der Waals surface area contributed by atoms with E-state index >= 15 is 0 Å². The summed E-state index contributed by atoms with van der Waals surface area (Å²) in [7, 11) is -3.51. The maximum atomic E-state index is 11.7. The van der Waals surface area contributed by atoms with E-state index in [4.69, 9.17) is 11.6 Å². The predicted molar refractivity (Wildman–Crippen MR) is 59.3 cm³/mol. The van der Waals surface area contributed by atoms with E-state index in [0.717, 1.165) is 12.8 Å². The van der Waals surface area contributed by atoms with Gasteiger partial charge in [0.2, 0.25) is 10.0 Å². The lowest BCUT2D eigenvalue weighted by atomic mass is 10.3. The number of rotatable bonds is 5. The Kier molecular flexibility index (Phi) is 4.50. The largest absolute Gasteiger partial charge is 0.243 e. The summed E-state index contributed by atoms with van der Waals surface area (Å²) in [6.45, 7) is 2.41. The number of nitrogens with one attached hydrogen (secondary N) is 1. The summed E-state index contributed by atoms with van der Waals surface area (Å²) in [4.78, 5) is 3.75. The highest BCUT2D eigenvalue weighted by Crippen LogP contribution is 2.17. The van der Waals surface area contributed by atoms with Crippen molar-refractivity contribution in [2.24, 2.45) is 0 Å². The molecule has 0 fully saturated rings. The van der Waals surface area contributed by atoms with Gasteiger partial charge in [-0.3, -0.25) is 0 Å². The van der Waals surface area contributed by atoms with Crippen LogP contribution in [0.3, 0.4) is 0 Å². The summed E-state index contributed by atoms with van der Waals surface area (Å²) in [5.74, 6) is 0. The predicted octanol–water partition coefficient (Wildman–Crippen LogP) is 1.81. The van der Waals surface area contributed by atoms with Crippen LogP contribution in [0.5, 0.6) is 0 Å². The molecule has 0 bridgehead atoms. The van der Waals surface area contributed by atoms with Gasteiger partial charge in [0.15, 0.2) is 0 Å². The Bertz CT molecular complexity index is 420. The summed E-state index contributed by atoms with van der Waals surface area (Å²) in [6.07, 6.45) is 3.19. The van der Waals surface area contributed by atoms with Gasteiger partial charge in [-0.05, 0) is 18.6 Å². The third kappa shape index (κ3) is 3.44. The summed E-state index contributed by atoms with van der Waals surface area (Å²) in [5.41, 5.74) is 0. The first-order valence-electron chi connectivity index (χ1n) is 4.68. The highest BCUT2D eigenvalue weighted by Gasteiger charge is 2.16. The van der Waals surface area contributed by atoms with Crippen molar-refractivity contribution >= 4 is 21.6 Å². The molecule has 1 aromatic heterocycles. The molecule has 0 aliphatic heterocycles. The minimum atomic E-state index is -3.51. The molecule has 1 N–H and O–H groups in total. The summed E-state index contributed by atoms with van der Waals surface area (Å²) in [6, 6.07) is 2.98. The average Bonchev–Trinajstić information content (AvgIpc) is 2.18. The Labute approximate surface area is 94.7 Å². The van der Waals surface area contributed by atoms with Crippen molar-refractivity contribution in [3.05, 3.63) is 23.5 Å². The standard InChI is InChI=1S/C9H13ClN2O2S/c1-2-3-7-12-15(13,14)8-5-4-6-11-9(8)10/h4-6,12H,2-3,7H2,1H3. The van der Waals surface area contributed by atoms with E-state index in [9.17, 15) is 8.42 Å². The number of nitrogens with zero attached hydrogens (tertiary/aromatic N) is 1. The molecule has 0 aliphatic carbocycles. The molecule has 84 valence electrons. The SMILES string of the molecule is CCCCNS(=O)(=O)c1cccnc1Cl. The van der Waals surface area contributed by atoms with Crippen LogP contribution < -0.4 is 4.72 Å². The Morgan fingerprint density at radius 1 is 1.53 bits per heavy atom. The highest BCUT2D eigenvalue weighted by atomic mass is 35.5. The van der Waals surface area contributed by atoms with E-state index in [1.807, 2.05) is 6.92 Å². The third-order valence-corrected chi connectivity index (χ3v) is 3.74. The van der Waals surface area contributed by atoms with E-state index in [1.54, 1.807) is 6.07 Å². The topological polar surface area (TPSA) is 59.1 Å². The van der Waals surface area contributed by atoms with Crippen LogP contribution in [0.2, 0.25) is 5.15 Å². The van der Waals surface area contributed by atoms with Crippen molar-refractivity contribution in [2.45, 2.75) is 24.7 Å². The molecule has 15 heavy (non-hydrogen) atoms. The molecule has 4 nitrogen and oxygen atoms in total. The Morgan fingerprint density at radius 3 is 2.87 bits per heavy atom. The maximum Gasteiger partial charge on any atom is 0.243 e. The van der Waals surface area contributed by atoms with Gasteiger partial charge in [-0.15, -0.1) is 0 Å². The third-order valence-electron chi connectivity index (χ3n) is 1.84. The van der Waals surface area contributed by atoms with Crippen molar-refractivity contribution in [1.82, 2.24) is 9.71 Å². The van der Waals surface area contributed by atoms with Gasteiger partial charge in [0.1, 0.15) is 10.0 Å². The lowest BCUT2D eigenvalue weighted by Gasteiger charge is -2.06. The van der Waals surface area contributed by atoms with Gasteiger partial charge in [0.05, 0.1) is 0 Å². The molecule has 6 heteroatoms. The molecule has 0 radical (unpaired) electrons. The summed E-state index contributed by atoms with van der Waals surface area (Å²) >= 11 is 5.69. The van der Waals surface area contributed by atoms with Crippen molar-refractivity contribution in [2.75, 3.05) is 6.54 Å². The maximum absolute atomic E-state index is 11.7. The minimum absolute atomic E-state index is 0.00139. The van der Waals surface area contributed by atoms with Gasteiger partial charge >= 0.3 is 0 Å². The molecule has 0 aromatic carbocycles. The lowest BCUT2D eigenvalue weighted by molar-refractivity contribution is 0.578. The fraction of sp³-hybridized carbons (Fsp3) is 0.444. The van der Waals surface area contributed by atoms with Gasteiger partial charge in [-0.25, -0.2) is 18.1 Å². The molecule has 1 heterocycles. The molecule has 0 spiro atoms. The van der Waals surface area contributed by atoms with E-state index in [1.165, 1.54) is 12.3 Å². The fourth-order valence-corrected chi connectivity index (χ4v) is 2.56. The zero-order valence-electron chi connectivity index (χ0n) is 8.40. The molecule has 1 rings (SSSR count). The van der Waals surface area contributed by atoms with Gasteiger partial charge in [0.25, 0.3) is 0 Å². The van der Waals surface area contributed by atoms with E-state index < -0.39 is 10.0 Å². The first kappa shape index (κ1) is 12.4. The van der Waals surface area contributed by atoms with Gasteiger partial charge in [0, 0.05) is 12.7 Å². The summed E-state index contributed by atoms with van der Waals surface area (Å²) in [5, 5.41) is 0.00139. The number of sulfonamides is 1. The van der Waals surface area contributed by atoms with Gasteiger partial charge < -0.3 is 0 Å². The second-order valence-corrected chi connectivity index (χ2v) is 5.14. The molecule has 0 unspecified atom stereocenters. The molecule has 0 saturated carbocycles. The van der Waals surface area contributed by atoms with Crippen molar-refractivity contribution in [3.8, 4) is 0 Å². The van der Waals surface area contributed by atoms with Crippen molar-refractivity contribution < 1.29 is 8.42 Å². The average molecular weight is 249 g/mol. The number of pyridine rings is 1. The summed E-state index contributed by atoms with van der Waals surface area (Å²) < 4.78 is 25.8. The second kappa shape index (κ2) is 5.44. The molecular formula is C9H13ClN2O2S. The normalized spacial score (nSPS) is 11.6. The first-order valence-corrected chi connectivity index (χ1v) is 6.54. The molecule has 1 aromatic rings. The Hall–Kier alpha value is -0.650. The van der Waals surface area contributed by atoms with Crippen LogP contribution in [-0.4, -0.2) is 19.9 Å². The van der Waals surface area contributed by atoms with Gasteiger partial charge in [-0.1, -0.05) is 24.9 Å². The number of hydrogen-bond acceptors (Lipinski definition) is 3. The number of aromatic nitrogens is 1. The molecule has 0 atom stereocenters. The van der Waals surface area contributed by atoms with E-state index in [0.29, 0.717) is 6.54 Å². The molecular weight excluding hydrogens is 236 g/mol. The number of halogens is 1. The van der Waals surface area contributed by atoms with E-state index in [-0.39, 0.29) is 10.0 Å². The monoisotopic (exact) mass is 248 g/mol. The van der Waals surface area contributed by atoms with E-state index in [2.05, 4.69) is 9.71 Å². The van der Waals surface area contributed by atoms with Crippen LogP contribution in [0, 0.1) is 0 Å². The van der Waals surface area contributed by atoms with Crippen molar-refractivity contribution in [1.29, 1.82) is 0 Å². The number of hydrogen-bond donors (Lipinski definition) is 1. The van der Waals surface area contributed by atoms with Crippen LogP contribution in [-0.2, 0) is 10.0 Å². The second-order valence-electron chi connectivity index (χ2n) is 3.04. The number of unbranched alkanes of at least 4 members (excludes halogenated alkanes) is 1. The fourth-order valence-electron chi connectivity index (χ4n) is 1.03. The quantitative estimate of drug-likeness (QED) is 0.639.